The molecule has 0 spiro atoms. The van der Waals surface area contributed by atoms with Crippen molar-refractivity contribution in [3.63, 3.8) is 0 Å². The fourth-order valence-corrected chi connectivity index (χ4v) is 1.98. The van der Waals surface area contributed by atoms with E-state index in [0.29, 0.717) is 0 Å². The van der Waals surface area contributed by atoms with Crippen LogP contribution >= 0.6 is 0 Å². The van der Waals surface area contributed by atoms with Gasteiger partial charge in [0.25, 0.3) is 0 Å². The fourth-order valence-electron chi connectivity index (χ4n) is 1.98. The Morgan fingerprint density at radius 2 is 1.92 bits per heavy atom. The lowest BCUT2D eigenvalue weighted by Gasteiger charge is -2.36. The molecule has 0 aromatic rings. The smallest absolute Gasteiger partial charge is 0.0635 e. The largest absolute Gasteiger partial charge is 0.316 e. The van der Waals surface area contributed by atoms with Gasteiger partial charge in [-0.2, -0.15) is 5.06 Å². The molecule has 0 saturated carbocycles. The van der Waals surface area contributed by atoms with Crippen LogP contribution < -0.4 is 5.32 Å². The Morgan fingerprint density at radius 3 is 2.23 bits per heavy atom. The molecule has 1 heterocycles. The molecule has 0 atom stereocenters. The number of nitrogens with one attached hydrogen (secondary N) is 1. The van der Waals surface area contributed by atoms with E-state index in [4.69, 9.17) is 0 Å². The van der Waals surface area contributed by atoms with E-state index >= 15 is 0 Å². The third kappa shape index (κ3) is 1.64. The van der Waals surface area contributed by atoms with Gasteiger partial charge in [0.05, 0.1) is 11.1 Å². The Balaban J connectivity index is 2.95. The van der Waals surface area contributed by atoms with Gasteiger partial charge < -0.3 is 10.5 Å². The average molecular weight is 184 g/mol. The highest BCUT2D eigenvalue weighted by molar-refractivity contribution is 5.30. The Bertz CT molecular complexity index is 231. The third-order valence-corrected chi connectivity index (χ3v) is 2.76. The van der Waals surface area contributed by atoms with Gasteiger partial charge in [0, 0.05) is 6.54 Å². The van der Waals surface area contributed by atoms with Crippen molar-refractivity contribution in [3.05, 3.63) is 11.6 Å². The van der Waals surface area contributed by atoms with Crippen LogP contribution in [0, 0.1) is 0 Å². The standard InChI is InChI=1S/C10H20N2O/c1-9(2)6-8(7-11-5)10(3,4)12(9)13/h6,11,13H,7H2,1-5H3. The monoisotopic (exact) mass is 184 g/mol. The zero-order valence-electron chi connectivity index (χ0n) is 9.18. The maximum absolute atomic E-state index is 9.94. The number of hydroxylamine groups is 2. The van der Waals surface area contributed by atoms with Gasteiger partial charge in [0.1, 0.15) is 0 Å². The molecule has 2 N–H and O–H groups in total. The molecular weight excluding hydrogens is 164 g/mol. The van der Waals surface area contributed by atoms with Gasteiger partial charge in [-0.25, -0.2) is 0 Å². The zero-order chi connectivity index (χ0) is 10.3. The topological polar surface area (TPSA) is 35.5 Å². The average Bonchev–Trinajstić information content (AvgIpc) is 2.14. The summed E-state index contributed by atoms with van der Waals surface area (Å²) in [6, 6.07) is 0. The molecule has 3 heteroatoms. The lowest BCUT2D eigenvalue weighted by molar-refractivity contribution is -0.185. The molecule has 0 saturated heterocycles. The second kappa shape index (κ2) is 3.08. The first-order valence-corrected chi connectivity index (χ1v) is 4.68. The number of nitrogens with zero attached hydrogens (tertiary/aromatic N) is 1. The second-order valence-electron chi connectivity index (χ2n) is 4.72. The first kappa shape index (κ1) is 10.7. The Kier molecular flexibility index (Phi) is 2.54. The summed E-state index contributed by atoms with van der Waals surface area (Å²) in [5, 5.41) is 14.5. The lowest BCUT2D eigenvalue weighted by atomic mass is 9.97. The van der Waals surface area contributed by atoms with Crippen molar-refractivity contribution in [2.24, 2.45) is 0 Å². The van der Waals surface area contributed by atoms with Crippen LogP contribution in [0.3, 0.4) is 0 Å². The Labute approximate surface area is 80.4 Å². The van der Waals surface area contributed by atoms with Gasteiger partial charge in [0.15, 0.2) is 0 Å². The predicted octanol–water partition coefficient (Wildman–Crippen LogP) is 1.39. The highest BCUT2D eigenvalue weighted by Crippen LogP contribution is 2.37. The molecule has 1 aliphatic rings. The van der Waals surface area contributed by atoms with Gasteiger partial charge in [0.2, 0.25) is 0 Å². The van der Waals surface area contributed by atoms with Gasteiger partial charge in [-0.05, 0) is 40.3 Å². The quantitative estimate of drug-likeness (QED) is 0.637. The first-order valence-electron chi connectivity index (χ1n) is 4.68. The van der Waals surface area contributed by atoms with Crippen LogP contribution in [0.2, 0.25) is 0 Å². The lowest BCUT2D eigenvalue weighted by Crippen LogP contribution is -2.48. The minimum atomic E-state index is -0.257. The van der Waals surface area contributed by atoms with E-state index < -0.39 is 0 Å². The fraction of sp³-hybridized carbons (Fsp3) is 0.800. The van der Waals surface area contributed by atoms with Crippen molar-refractivity contribution in [3.8, 4) is 0 Å². The van der Waals surface area contributed by atoms with E-state index in [2.05, 4.69) is 11.4 Å². The normalized spacial score (nSPS) is 26.2. The molecule has 0 bridgehead atoms. The zero-order valence-corrected chi connectivity index (χ0v) is 9.18. The predicted molar refractivity (Wildman–Crippen MR) is 53.8 cm³/mol. The summed E-state index contributed by atoms with van der Waals surface area (Å²) in [6.45, 7) is 8.91. The summed E-state index contributed by atoms with van der Waals surface area (Å²) in [6.07, 6.45) is 2.13. The van der Waals surface area contributed by atoms with Gasteiger partial charge >= 0.3 is 0 Å². The summed E-state index contributed by atoms with van der Waals surface area (Å²) in [5.41, 5.74) is 0.727. The van der Waals surface area contributed by atoms with E-state index in [9.17, 15) is 5.21 Å². The van der Waals surface area contributed by atoms with Crippen molar-refractivity contribution in [2.75, 3.05) is 13.6 Å². The van der Waals surface area contributed by atoms with Crippen molar-refractivity contribution in [1.29, 1.82) is 0 Å². The van der Waals surface area contributed by atoms with Crippen LogP contribution in [-0.4, -0.2) is 34.9 Å². The molecule has 0 fully saturated rings. The Hall–Kier alpha value is -0.380. The molecule has 0 unspecified atom stereocenters. The van der Waals surface area contributed by atoms with E-state index in [-0.39, 0.29) is 11.1 Å². The highest BCUT2D eigenvalue weighted by Gasteiger charge is 2.44. The van der Waals surface area contributed by atoms with Crippen molar-refractivity contribution < 1.29 is 5.21 Å². The number of hydrogen-bond donors (Lipinski definition) is 2. The van der Waals surface area contributed by atoms with Crippen LogP contribution in [0.4, 0.5) is 0 Å². The maximum atomic E-state index is 9.94. The van der Waals surface area contributed by atoms with E-state index in [1.807, 2.05) is 34.7 Å². The molecule has 76 valence electrons. The van der Waals surface area contributed by atoms with E-state index in [1.54, 1.807) is 0 Å². The van der Waals surface area contributed by atoms with Crippen LogP contribution in [-0.2, 0) is 0 Å². The summed E-state index contributed by atoms with van der Waals surface area (Å²) in [5.74, 6) is 0. The summed E-state index contributed by atoms with van der Waals surface area (Å²) >= 11 is 0. The Morgan fingerprint density at radius 1 is 1.38 bits per heavy atom. The van der Waals surface area contributed by atoms with Crippen LogP contribution in [0.1, 0.15) is 27.7 Å². The maximum Gasteiger partial charge on any atom is 0.0635 e. The van der Waals surface area contributed by atoms with Crippen LogP contribution in [0.15, 0.2) is 11.6 Å². The van der Waals surface area contributed by atoms with Crippen LogP contribution in [0.5, 0.6) is 0 Å². The van der Waals surface area contributed by atoms with E-state index in [1.165, 1.54) is 10.6 Å². The van der Waals surface area contributed by atoms with Crippen LogP contribution in [0.25, 0.3) is 0 Å². The summed E-state index contributed by atoms with van der Waals surface area (Å²) in [7, 11) is 1.92. The van der Waals surface area contributed by atoms with Crippen molar-refractivity contribution >= 4 is 0 Å². The summed E-state index contributed by atoms with van der Waals surface area (Å²) in [4.78, 5) is 0. The number of rotatable bonds is 2. The number of hydrogen-bond acceptors (Lipinski definition) is 3. The molecule has 0 amide bonds. The first-order chi connectivity index (χ1) is 5.82. The molecule has 3 nitrogen and oxygen atoms in total. The minimum Gasteiger partial charge on any atom is -0.316 e. The van der Waals surface area contributed by atoms with Crippen molar-refractivity contribution in [2.45, 2.75) is 38.8 Å². The second-order valence-corrected chi connectivity index (χ2v) is 4.72. The van der Waals surface area contributed by atoms with Gasteiger partial charge in [-0.15, -0.1) is 0 Å². The molecule has 13 heavy (non-hydrogen) atoms. The molecule has 1 rings (SSSR count). The molecule has 0 aliphatic carbocycles. The molecule has 1 aliphatic heterocycles. The van der Waals surface area contributed by atoms with E-state index in [0.717, 1.165) is 6.54 Å². The SMILES string of the molecule is CNCC1=CC(C)(C)N(O)C1(C)C. The number of likely N-dealkylation sites (N-methyl/N-ethyl adjacent to an activating group) is 1. The van der Waals surface area contributed by atoms with Crippen molar-refractivity contribution in [1.82, 2.24) is 10.4 Å². The molecule has 0 aromatic heterocycles. The third-order valence-electron chi connectivity index (χ3n) is 2.76. The summed E-state index contributed by atoms with van der Waals surface area (Å²) < 4.78 is 0. The van der Waals surface area contributed by atoms with Gasteiger partial charge in [-0.1, -0.05) is 6.08 Å². The molecular formula is C10H20N2O. The molecule has 0 aromatic carbocycles. The molecule has 0 radical (unpaired) electrons. The van der Waals surface area contributed by atoms with Gasteiger partial charge in [-0.3, -0.25) is 0 Å². The minimum absolute atomic E-state index is 0.254. The highest BCUT2D eigenvalue weighted by atomic mass is 16.5.